The number of aromatic nitrogens is 1. The van der Waals surface area contributed by atoms with Crippen molar-refractivity contribution in [2.45, 2.75) is 0 Å². The zero-order chi connectivity index (χ0) is 14.7. The van der Waals surface area contributed by atoms with Gasteiger partial charge in [0.2, 0.25) is 5.82 Å². The first-order valence-corrected chi connectivity index (χ1v) is 6.18. The molecule has 0 spiro atoms. The van der Waals surface area contributed by atoms with Crippen LogP contribution in [0.25, 0.3) is 0 Å². The van der Waals surface area contributed by atoms with E-state index in [4.69, 9.17) is 11.0 Å². The van der Waals surface area contributed by atoms with Gasteiger partial charge in [0.05, 0.1) is 22.2 Å². The Labute approximate surface area is 122 Å². The van der Waals surface area contributed by atoms with Gasteiger partial charge in [-0.15, -0.1) is 0 Å². The standard InChI is InChI=1S/C12H8BrN5O2/c13-8-5-7(6-14)1-2-9(8)16-12-10(18(19)20)3-4-11(15)17-12/h1-5H,(H3,15,16,17). The summed E-state index contributed by atoms with van der Waals surface area (Å²) in [6.07, 6.45) is 0. The molecule has 0 aliphatic carbocycles. The molecule has 7 nitrogen and oxygen atoms in total. The Hall–Kier alpha value is -2.66. The maximum Gasteiger partial charge on any atom is 0.311 e. The number of anilines is 3. The van der Waals surface area contributed by atoms with Crippen LogP contribution in [0.5, 0.6) is 0 Å². The fraction of sp³-hybridized carbons (Fsp3) is 0. The smallest absolute Gasteiger partial charge is 0.311 e. The Morgan fingerprint density at radius 2 is 2.15 bits per heavy atom. The van der Waals surface area contributed by atoms with Gasteiger partial charge in [-0.1, -0.05) is 0 Å². The summed E-state index contributed by atoms with van der Waals surface area (Å²) >= 11 is 3.28. The number of benzene rings is 1. The number of nitro groups is 1. The average Bonchev–Trinajstić information content (AvgIpc) is 2.40. The second-order valence-corrected chi connectivity index (χ2v) is 4.65. The second-order valence-electron chi connectivity index (χ2n) is 3.79. The van der Waals surface area contributed by atoms with Crippen LogP contribution < -0.4 is 11.1 Å². The molecule has 0 aliphatic rings. The first-order chi connectivity index (χ1) is 9.51. The molecule has 0 atom stereocenters. The van der Waals surface area contributed by atoms with Crippen molar-refractivity contribution >= 4 is 38.9 Å². The second kappa shape index (κ2) is 5.54. The van der Waals surface area contributed by atoms with Gasteiger partial charge in [0, 0.05) is 10.5 Å². The zero-order valence-electron chi connectivity index (χ0n) is 10.0. The summed E-state index contributed by atoms with van der Waals surface area (Å²) in [5, 5.41) is 22.6. The van der Waals surface area contributed by atoms with Crippen LogP contribution >= 0.6 is 15.9 Å². The highest BCUT2D eigenvalue weighted by atomic mass is 79.9. The molecule has 3 N–H and O–H groups in total. The number of halogens is 1. The third kappa shape index (κ3) is 2.84. The van der Waals surface area contributed by atoms with E-state index in [1.165, 1.54) is 12.1 Å². The fourth-order valence-electron chi connectivity index (χ4n) is 1.52. The van der Waals surface area contributed by atoms with Crippen LogP contribution in [0.1, 0.15) is 5.56 Å². The monoisotopic (exact) mass is 333 g/mol. The van der Waals surface area contributed by atoms with E-state index in [-0.39, 0.29) is 17.3 Å². The van der Waals surface area contributed by atoms with E-state index in [1.807, 2.05) is 6.07 Å². The lowest BCUT2D eigenvalue weighted by atomic mass is 10.2. The largest absolute Gasteiger partial charge is 0.384 e. The minimum Gasteiger partial charge on any atom is -0.384 e. The van der Waals surface area contributed by atoms with Crippen LogP contribution in [0.15, 0.2) is 34.8 Å². The number of hydrogen-bond donors (Lipinski definition) is 2. The Balaban J connectivity index is 2.42. The number of nitrogens with two attached hydrogens (primary N) is 1. The lowest BCUT2D eigenvalue weighted by Gasteiger charge is -2.08. The van der Waals surface area contributed by atoms with Crippen LogP contribution in [0.3, 0.4) is 0 Å². The van der Waals surface area contributed by atoms with E-state index in [0.717, 1.165) is 0 Å². The summed E-state index contributed by atoms with van der Waals surface area (Å²) < 4.78 is 0.593. The van der Waals surface area contributed by atoms with Crippen LogP contribution in [0, 0.1) is 21.4 Å². The molecule has 0 amide bonds. The summed E-state index contributed by atoms with van der Waals surface area (Å²) in [6.45, 7) is 0. The van der Waals surface area contributed by atoms with Crippen molar-refractivity contribution in [3.8, 4) is 6.07 Å². The molecule has 2 aromatic rings. The summed E-state index contributed by atoms with van der Waals surface area (Å²) in [7, 11) is 0. The molecule has 0 fully saturated rings. The number of nitrogens with zero attached hydrogens (tertiary/aromatic N) is 3. The molecule has 100 valence electrons. The number of nitrogens with one attached hydrogen (secondary N) is 1. The molecule has 8 heteroatoms. The number of hydrogen-bond acceptors (Lipinski definition) is 6. The third-order valence-electron chi connectivity index (χ3n) is 2.44. The van der Waals surface area contributed by atoms with Gasteiger partial charge < -0.3 is 11.1 Å². The molecule has 0 radical (unpaired) electrons. The summed E-state index contributed by atoms with van der Waals surface area (Å²) in [5.74, 6) is 0.211. The number of nitrogen functional groups attached to an aromatic ring is 1. The van der Waals surface area contributed by atoms with Crippen molar-refractivity contribution in [3.05, 3.63) is 50.5 Å². The Kier molecular flexibility index (Phi) is 3.81. The minimum atomic E-state index is -0.549. The van der Waals surface area contributed by atoms with Gasteiger partial charge in [-0.25, -0.2) is 4.98 Å². The van der Waals surface area contributed by atoms with E-state index in [1.54, 1.807) is 18.2 Å². The molecule has 1 heterocycles. The average molecular weight is 334 g/mol. The SMILES string of the molecule is N#Cc1ccc(Nc2nc(N)ccc2[N+](=O)[O-])c(Br)c1. The quantitative estimate of drug-likeness (QED) is 0.658. The summed E-state index contributed by atoms with van der Waals surface area (Å²) in [4.78, 5) is 14.3. The van der Waals surface area contributed by atoms with Crippen LogP contribution in [0.4, 0.5) is 23.0 Å². The fourth-order valence-corrected chi connectivity index (χ4v) is 2.00. The van der Waals surface area contributed by atoms with Crippen molar-refractivity contribution in [2.75, 3.05) is 11.1 Å². The van der Waals surface area contributed by atoms with Gasteiger partial charge in [-0.05, 0) is 40.2 Å². The zero-order valence-corrected chi connectivity index (χ0v) is 11.6. The molecular weight excluding hydrogens is 326 g/mol. The Morgan fingerprint density at radius 3 is 2.75 bits per heavy atom. The first-order valence-electron chi connectivity index (χ1n) is 5.39. The molecular formula is C12H8BrN5O2. The van der Waals surface area contributed by atoms with Crippen molar-refractivity contribution in [1.82, 2.24) is 4.98 Å². The molecule has 0 aliphatic heterocycles. The normalized spacial score (nSPS) is 9.80. The molecule has 1 aromatic heterocycles. The Bertz CT molecular complexity index is 726. The van der Waals surface area contributed by atoms with E-state index in [9.17, 15) is 10.1 Å². The van der Waals surface area contributed by atoms with Gasteiger partial charge in [-0.3, -0.25) is 10.1 Å². The van der Waals surface area contributed by atoms with Crippen LogP contribution in [-0.2, 0) is 0 Å². The number of rotatable bonds is 3. The maximum absolute atomic E-state index is 10.9. The summed E-state index contributed by atoms with van der Waals surface area (Å²) in [5.41, 5.74) is 6.37. The highest BCUT2D eigenvalue weighted by Crippen LogP contribution is 2.30. The van der Waals surface area contributed by atoms with Crippen molar-refractivity contribution < 1.29 is 4.92 Å². The van der Waals surface area contributed by atoms with E-state index >= 15 is 0 Å². The van der Waals surface area contributed by atoms with Crippen molar-refractivity contribution in [3.63, 3.8) is 0 Å². The van der Waals surface area contributed by atoms with Crippen LogP contribution in [0.2, 0.25) is 0 Å². The third-order valence-corrected chi connectivity index (χ3v) is 3.10. The topological polar surface area (TPSA) is 118 Å². The molecule has 0 saturated carbocycles. The van der Waals surface area contributed by atoms with E-state index in [2.05, 4.69) is 26.2 Å². The highest BCUT2D eigenvalue weighted by molar-refractivity contribution is 9.10. The number of nitriles is 1. The summed E-state index contributed by atoms with van der Waals surface area (Å²) in [6, 6.07) is 9.44. The van der Waals surface area contributed by atoms with Gasteiger partial charge in [0.25, 0.3) is 0 Å². The van der Waals surface area contributed by atoms with Crippen molar-refractivity contribution in [1.29, 1.82) is 5.26 Å². The molecule has 2 rings (SSSR count). The van der Waals surface area contributed by atoms with Gasteiger partial charge >= 0.3 is 5.69 Å². The lowest BCUT2D eigenvalue weighted by molar-refractivity contribution is -0.384. The van der Waals surface area contributed by atoms with Crippen molar-refractivity contribution in [2.24, 2.45) is 0 Å². The maximum atomic E-state index is 10.9. The molecule has 0 unspecified atom stereocenters. The molecule has 0 bridgehead atoms. The van der Waals surface area contributed by atoms with Crippen LogP contribution in [-0.4, -0.2) is 9.91 Å². The van der Waals surface area contributed by atoms with Gasteiger partial charge in [0.1, 0.15) is 5.82 Å². The van der Waals surface area contributed by atoms with E-state index < -0.39 is 4.92 Å². The molecule has 1 aromatic carbocycles. The van der Waals surface area contributed by atoms with Gasteiger partial charge in [0.15, 0.2) is 0 Å². The molecule has 0 saturated heterocycles. The number of pyridine rings is 1. The predicted molar refractivity (Wildman–Crippen MR) is 77.4 cm³/mol. The van der Waals surface area contributed by atoms with E-state index in [0.29, 0.717) is 15.7 Å². The Morgan fingerprint density at radius 1 is 1.40 bits per heavy atom. The molecule has 20 heavy (non-hydrogen) atoms. The predicted octanol–water partition coefficient (Wildman–Crippen LogP) is 2.95. The lowest BCUT2D eigenvalue weighted by Crippen LogP contribution is -2.02. The first kappa shape index (κ1) is 13.8. The minimum absolute atomic E-state index is 0.0420. The highest BCUT2D eigenvalue weighted by Gasteiger charge is 2.16. The van der Waals surface area contributed by atoms with Gasteiger partial charge in [-0.2, -0.15) is 5.26 Å².